The van der Waals surface area contributed by atoms with E-state index in [1.165, 1.54) is 5.57 Å². The predicted molar refractivity (Wildman–Crippen MR) is 88.9 cm³/mol. The van der Waals surface area contributed by atoms with Crippen LogP contribution in [0.25, 0.3) is 5.57 Å². The van der Waals surface area contributed by atoms with E-state index in [1.807, 2.05) is 19.1 Å². The number of hydrogen-bond acceptors (Lipinski definition) is 3. The van der Waals surface area contributed by atoms with E-state index in [2.05, 4.69) is 25.1 Å². The highest BCUT2D eigenvalue weighted by Gasteiger charge is 2.44. The van der Waals surface area contributed by atoms with E-state index in [1.54, 1.807) is 7.11 Å². The number of aliphatic hydroxyl groups excluding tert-OH is 1. The number of carbonyl (C=O) groups is 1. The van der Waals surface area contributed by atoms with Crippen molar-refractivity contribution in [1.82, 2.24) is 0 Å². The molecule has 1 aliphatic rings. The molecule has 0 radical (unpaired) electrons. The third-order valence-electron chi connectivity index (χ3n) is 4.77. The molecule has 22 heavy (non-hydrogen) atoms. The standard InChI is InChI=1S/C19H26O3/c1-4-5-14(15-6-8-16(22-3)9-7-15)12-13-19(2)17(20)10-11-18(19)21/h6-9,12,17,20H,4-5,10-11,13H2,1-3H3/b14-12-/t17-,19+/m1/s1. The maximum atomic E-state index is 12.1. The number of rotatable bonds is 6. The number of ether oxygens (including phenoxy) is 1. The van der Waals surface area contributed by atoms with Crippen molar-refractivity contribution in [3.8, 4) is 5.75 Å². The summed E-state index contributed by atoms with van der Waals surface area (Å²) in [6, 6.07) is 8.01. The van der Waals surface area contributed by atoms with Gasteiger partial charge in [-0.25, -0.2) is 0 Å². The Morgan fingerprint density at radius 1 is 1.41 bits per heavy atom. The van der Waals surface area contributed by atoms with E-state index < -0.39 is 11.5 Å². The first kappa shape index (κ1) is 16.8. The summed E-state index contributed by atoms with van der Waals surface area (Å²) in [4.78, 5) is 12.1. The van der Waals surface area contributed by atoms with E-state index in [0.717, 1.165) is 24.2 Å². The molecule has 0 heterocycles. The zero-order valence-corrected chi connectivity index (χ0v) is 13.8. The molecule has 3 nitrogen and oxygen atoms in total. The van der Waals surface area contributed by atoms with Gasteiger partial charge in [-0.05, 0) is 49.5 Å². The van der Waals surface area contributed by atoms with Crippen molar-refractivity contribution in [3.05, 3.63) is 35.9 Å². The van der Waals surface area contributed by atoms with Gasteiger partial charge in [-0.1, -0.05) is 31.6 Å². The summed E-state index contributed by atoms with van der Waals surface area (Å²) >= 11 is 0. The summed E-state index contributed by atoms with van der Waals surface area (Å²) in [5.74, 6) is 1.02. The van der Waals surface area contributed by atoms with Gasteiger partial charge in [0, 0.05) is 6.42 Å². The van der Waals surface area contributed by atoms with Gasteiger partial charge in [0.2, 0.25) is 0 Å². The third kappa shape index (κ3) is 3.41. The fourth-order valence-corrected chi connectivity index (χ4v) is 3.08. The van der Waals surface area contributed by atoms with Crippen molar-refractivity contribution in [3.63, 3.8) is 0 Å². The average molecular weight is 302 g/mol. The Morgan fingerprint density at radius 2 is 2.09 bits per heavy atom. The largest absolute Gasteiger partial charge is 0.497 e. The molecule has 1 aromatic rings. The second-order valence-electron chi connectivity index (χ2n) is 6.31. The van der Waals surface area contributed by atoms with Crippen molar-refractivity contribution in [2.24, 2.45) is 5.41 Å². The molecule has 1 aliphatic carbocycles. The number of methoxy groups -OCH3 is 1. The Kier molecular flexibility index (Phi) is 5.41. The van der Waals surface area contributed by atoms with Crippen LogP contribution in [-0.4, -0.2) is 24.1 Å². The van der Waals surface area contributed by atoms with Crippen LogP contribution in [-0.2, 0) is 4.79 Å². The molecule has 2 rings (SSSR count). The lowest BCUT2D eigenvalue weighted by Crippen LogP contribution is -2.32. The van der Waals surface area contributed by atoms with Crippen molar-refractivity contribution in [2.45, 2.75) is 52.1 Å². The second-order valence-corrected chi connectivity index (χ2v) is 6.31. The molecule has 0 amide bonds. The van der Waals surface area contributed by atoms with Gasteiger partial charge in [0.05, 0.1) is 18.6 Å². The smallest absolute Gasteiger partial charge is 0.141 e. The molecule has 1 fully saturated rings. The Hall–Kier alpha value is -1.61. The lowest BCUT2D eigenvalue weighted by atomic mass is 9.81. The Morgan fingerprint density at radius 3 is 2.59 bits per heavy atom. The van der Waals surface area contributed by atoms with Crippen LogP contribution in [0.15, 0.2) is 30.3 Å². The molecule has 1 aromatic carbocycles. The molecule has 2 atom stereocenters. The molecule has 1 saturated carbocycles. The van der Waals surface area contributed by atoms with Gasteiger partial charge in [-0.3, -0.25) is 4.79 Å². The van der Waals surface area contributed by atoms with Crippen LogP contribution >= 0.6 is 0 Å². The van der Waals surface area contributed by atoms with Gasteiger partial charge < -0.3 is 9.84 Å². The molecule has 0 saturated heterocycles. The molecular formula is C19H26O3. The first-order valence-corrected chi connectivity index (χ1v) is 8.06. The minimum Gasteiger partial charge on any atom is -0.497 e. The zero-order valence-electron chi connectivity index (χ0n) is 13.8. The summed E-state index contributed by atoms with van der Waals surface area (Å²) in [6.45, 7) is 4.04. The number of benzene rings is 1. The number of hydrogen-bond donors (Lipinski definition) is 1. The molecule has 0 aliphatic heterocycles. The summed E-state index contributed by atoms with van der Waals surface area (Å²) in [6.07, 6.45) is 5.32. The molecular weight excluding hydrogens is 276 g/mol. The highest BCUT2D eigenvalue weighted by atomic mass is 16.5. The number of Topliss-reactive ketones (excluding diaryl/α,β-unsaturated/α-hetero) is 1. The van der Waals surface area contributed by atoms with Crippen molar-refractivity contribution in [1.29, 1.82) is 0 Å². The van der Waals surface area contributed by atoms with Crippen molar-refractivity contribution >= 4 is 11.4 Å². The van der Waals surface area contributed by atoms with Gasteiger partial charge in [0.25, 0.3) is 0 Å². The minimum atomic E-state index is -0.620. The van der Waals surface area contributed by atoms with Crippen LogP contribution in [0.4, 0.5) is 0 Å². The number of aliphatic hydroxyl groups is 1. The quantitative estimate of drug-likeness (QED) is 0.864. The van der Waals surface area contributed by atoms with Crippen LogP contribution < -0.4 is 4.74 Å². The van der Waals surface area contributed by atoms with Gasteiger partial charge in [0.1, 0.15) is 11.5 Å². The molecule has 3 heteroatoms. The fourth-order valence-electron chi connectivity index (χ4n) is 3.08. The normalized spacial score (nSPS) is 25.5. The summed E-state index contributed by atoms with van der Waals surface area (Å²) in [5.41, 5.74) is 1.77. The lowest BCUT2D eigenvalue weighted by Gasteiger charge is -2.25. The Labute approximate surface area is 133 Å². The summed E-state index contributed by atoms with van der Waals surface area (Å²) in [5, 5.41) is 10.1. The van der Waals surface area contributed by atoms with E-state index in [0.29, 0.717) is 19.3 Å². The van der Waals surface area contributed by atoms with Crippen LogP contribution in [0.3, 0.4) is 0 Å². The number of ketones is 1. The highest BCUT2D eigenvalue weighted by Crippen LogP contribution is 2.39. The first-order chi connectivity index (χ1) is 10.5. The number of allylic oxidation sites excluding steroid dienone is 2. The summed E-state index contributed by atoms with van der Waals surface area (Å²) < 4.78 is 5.20. The highest BCUT2D eigenvalue weighted by molar-refractivity contribution is 5.87. The maximum absolute atomic E-state index is 12.1. The predicted octanol–water partition coefficient (Wildman–Crippen LogP) is 4.00. The van der Waals surface area contributed by atoms with Crippen molar-refractivity contribution < 1.29 is 14.6 Å². The molecule has 120 valence electrons. The molecule has 0 aromatic heterocycles. The Balaban J connectivity index is 2.21. The second kappa shape index (κ2) is 7.10. The van der Waals surface area contributed by atoms with E-state index in [9.17, 15) is 9.90 Å². The Bertz CT molecular complexity index is 544. The van der Waals surface area contributed by atoms with Gasteiger partial charge in [-0.15, -0.1) is 0 Å². The van der Waals surface area contributed by atoms with Crippen molar-refractivity contribution in [2.75, 3.05) is 7.11 Å². The third-order valence-corrected chi connectivity index (χ3v) is 4.77. The van der Waals surface area contributed by atoms with E-state index in [4.69, 9.17) is 4.74 Å². The zero-order chi connectivity index (χ0) is 16.2. The summed E-state index contributed by atoms with van der Waals surface area (Å²) in [7, 11) is 1.66. The topological polar surface area (TPSA) is 46.5 Å². The van der Waals surface area contributed by atoms with Crippen LogP contribution in [0.1, 0.15) is 51.5 Å². The molecule has 0 bridgehead atoms. The maximum Gasteiger partial charge on any atom is 0.141 e. The van der Waals surface area contributed by atoms with Crippen LogP contribution in [0, 0.1) is 5.41 Å². The minimum absolute atomic E-state index is 0.182. The average Bonchev–Trinajstić information content (AvgIpc) is 2.79. The molecule has 0 unspecified atom stereocenters. The number of carbonyl (C=O) groups excluding carboxylic acids is 1. The van der Waals surface area contributed by atoms with Gasteiger partial charge in [-0.2, -0.15) is 0 Å². The van der Waals surface area contributed by atoms with E-state index in [-0.39, 0.29) is 5.78 Å². The van der Waals surface area contributed by atoms with E-state index >= 15 is 0 Å². The SMILES string of the molecule is CCC/C(=C/C[C@]1(C)C(=O)CC[C@H]1O)c1ccc(OC)cc1. The molecule has 1 N–H and O–H groups in total. The fraction of sp³-hybridized carbons (Fsp3) is 0.526. The monoisotopic (exact) mass is 302 g/mol. The first-order valence-electron chi connectivity index (χ1n) is 8.06. The molecule has 0 spiro atoms. The lowest BCUT2D eigenvalue weighted by molar-refractivity contribution is -0.127. The van der Waals surface area contributed by atoms with Crippen LogP contribution in [0.2, 0.25) is 0 Å². The van der Waals surface area contributed by atoms with Gasteiger partial charge in [0.15, 0.2) is 0 Å². The van der Waals surface area contributed by atoms with Gasteiger partial charge >= 0.3 is 0 Å². The van der Waals surface area contributed by atoms with Crippen LogP contribution in [0.5, 0.6) is 5.75 Å².